The highest BCUT2D eigenvalue weighted by Crippen LogP contribution is 2.35. The molecule has 4 nitrogen and oxygen atoms in total. The summed E-state index contributed by atoms with van der Waals surface area (Å²) in [7, 11) is 0. The number of amidine groups is 1. The third-order valence-electron chi connectivity index (χ3n) is 3.29. The highest BCUT2D eigenvalue weighted by Gasteiger charge is 2.36. The molecule has 0 fully saturated rings. The zero-order valence-corrected chi connectivity index (χ0v) is 13.0. The summed E-state index contributed by atoms with van der Waals surface area (Å²) in [6, 6.07) is 2.10. The molecule has 0 amide bonds. The third-order valence-corrected chi connectivity index (χ3v) is 5.25. The van der Waals surface area contributed by atoms with Crippen molar-refractivity contribution in [3.05, 3.63) is 44.1 Å². The van der Waals surface area contributed by atoms with E-state index in [-0.39, 0.29) is 5.54 Å². The monoisotopic (exact) mass is 336 g/mol. The van der Waals surface area contributed by atoms with Gasteiger partial charge >= 0.3 is 0 Å². The molecule has 0 aromatic carbocycles. The normalized spacial score (nSPS) is 21.9. The van der Waals surface area contributed by atoms with Crippen molar-refractivity contribution >= 4 is 33.1 Å². The SMILES string of the molecule is Cc1ncc2c(n1)C[C@@](C)(c1cc(Br)cs1)NC2=N. The second-order valence-electron chi connectivity index (χ2n) is 4.92. The largest absolute Gasteiger partial charge is 0.359 e. The van der Waals surface area contributed by atoms with Gasteiger partial charge in [0.25, 0.3) is 0 Å². The van der Waals surface area contributed by atoms with Crippen LogP contribution in [0, 0.1) is 12.3 Å². The maximum absolute atomic E-state index is 8.15. The Morgan fingerprint density at radius 1 is 1.53 bits per heavy atom. The molecule has 3 heterocycles. The lowest BCUT2D eigenvalue weighted by molar-refractivity contribution is 0.423. The first-order valence-corrected chi connectivity index (χ1v) is 7.59. The fourth-order valence-corrected chi connectivity index (χ4v) is 3.88. The third kappa shape index (κ3) is 2.19. The quantitative estimate of drug-likeness (QED) is 0.841. The van der Waals surface area contributed by atoms with Gasteiger partial charge in [0.2, 0.25) is 0 Å². The first-order chi connectivity index (χ1) is 8.98. The van der Waals surface area contributed by atoms with E-state index in [0.29, 0.717) is 5.84 Å². The summed E-state index contributed by atoms with van der Waals surface area (Å²) in [6.45, 7) is 3.99. The van der Waals surface area contributed by atoms with Crippen LogP contribution in [0.4, 0.5) is 0 Å². The number of rotatable bonds is 1. The van der Waals surface area contributed by atoms with Crippen LogP contribution in [0.1, 0.15) is 28.9 Å². The molecule has 2 aromatic rings. The van der Waals surface area contributed by atoms with Crippen molar-refractivity contribution in [3.8, 4) is 0 Å². The van der Waals surface area contributed by atoms with Crippen LogP contribution >= 0.6 is 27.3 Å². The Morgan fingerprint density at radius 3 is 3.00 bits per heavy atom. The van der Waals surface area contributed by atoms with E-state index in [9.17, 15) is 0 Å². The number of hydrogen-bond acceptors (Lipinski definition) is 4. The molecule has 1 aliphatic heterocycles. The van der Waals surface area contributed by atoms with Crippen molar-refractivity contribution in [2.24, 2.45) is 0 Å². The number of nitrogens with one attached hydrogen (secondary N) is 2. The molecule has 1 atom stereocenters. The van der Waals surface area contributed by atoms with Crippen molar-refractivity contribution in [3.63, 3.8) is 0 Å². The fourth-order valence-electron chi connectivity index (χ4n) is 2.33. The van der Waals surface area contributed by atoms with Crippen LogP contribution in [0.3, 0.4) is 0 Å². The van der Waals surface area contributed by atoms with Crippen LogP contribution in [0.25, 0.3) is 0 Å². The van der Waals surface area contributed by atoms with E-state index < -0.39 is 0 Å². The first kappa shape index (κ1) is 12.7. The fraction of sp³-hybridized carbons (Fsp3) is 0.308. The summed E-state index contributed by atoms with van der Waals surface area (Å²) in [5.74, 6) is 1.15. The average molecular weight is 337 g/mol. The molecule has 98 valence electrons. The Morgan fingerprint density at radius 2 is 2.32 bits per heavy atom. The van der Waals surface area contributed by atoms with Crippen LogP contribution < -0.4 is 5.32 Å². The molecule has 0 bridgehead atoms. The van der Waals surface area contributed by atoms with Gasteiger partial charge in [-0.3, -0.25) is 5.41 Å². The van der Waals surface area contributed by atoms with E-state index in [4.69, 9.17) is 5.41 Å². The number of aromatic nitrogens is 2. The summed E-state index contributed by atoms with van der Waals surface area (Å²) in [4.78, 5) is 9.86. The zero-order chi connectivity index (χ0) is 13.6. The van der Waals surface area contributed by atoms with Gasteiger partial charge in [0, 0.05) is 27.3 Å². The van der Waals surface area contributed by atoms with Gasteiger partial charge in [-0.15, -0.1) is 11.3 Å². The van der Waals surface area contributed by atoms with Crippen molar-refractivity contribution in [1.29, 1.82) is 5.41 Å². The van der Waals surface area contributed by atoms with E-state index in [1.165, 1.54) is 4.88 Å². The minimum absolute atomic E-state index is 0.276. The molecule has 0 spiro atoms. The van der Waals surface area contributed by atoms with E-state index in [0.717, 1.165) is 28.0 Å². The van der Waals surface area contributed by atoms with Crippen LogP contribution in [-0.4, -0.2) is 15.8 Å². The van der Waals surface area contributed by atoms with E-state index in [1.807, 2.05) is 6.92 Å². The van der Waals surface area contributed by atoms with Crippen molar-refractivity contribution < 1.29 is 0 Å². The number of nitrogens with zero attached hydrogens (tertiary/aromatic N) is 2. The molecule has 0 unspecified atom stereocenters. The number of fused-ring (bicyclic) bond motifs is 1. The number of thiophene rings is 1. The lowest BCUT2D eigenvalue weighted by Gasteiger charge is -2.35. The predicted molar refractivity (Wildman–Crippen MR) is 79.8 cm³/mol. The number of aryl methyl sites for hydroxylation is 1. The number of halogens is 1. The molecule has 0 saturated heterocycles. The first-order valence-electron chi connectivity index (χ1n) is 5.92. The molecule has 2 N–H and O–H groups in total. The molecular weight excluding hydrogens is 324 g/mol. The second-order valence-corrected chi connectivity index (χ2v) is 6.74. The highest BCUT2D eigenvalue weighted by molar-refractivity contribution is 9.10. The van der Waals surface area contributed by atoms with Crippen LogP contribution in [-0.2, 0) is 12.0 Å². The molecule has 0 saturated carbocycles. The van der Waals surface area contributed by atoms with Crippen LogP contribution in [0.5, 0.6) is 0 Å². The Kier molecular flexibility index (Phi) is 2.94. The maximum Gasteiger partial charge on any atom is 0.129 e. The molecule has 1 aliphatic rings. The van der Waals surface area contributed by atoms with Crippen molar-refractivity contribution in [2.75, 3.05) is 0 Å². The van der Waals surface area contributed by atoms with E-state index in [2.05, 4.69) is 49.6 Å². The molecule has 2 aromatic heterocycles. The van der Waals surface area contributed by atoms with Gasteiger partial charge in [-0.05, 0) is 35.8 Å². The Bertz CT molecular complexity index is 666. The Balaban J connectivity index is 2.06. The molecule has 0 radical (unpaired) electrons. The van der Waals surface area contributed by atoms with Gasteiger partial charge in [0.15, 0.2) is 0 Å². The van der Waals surface area contributed by atoms with Crippen LogP contribution in [0.2, 0.25) is 0 Å². The van der Waals surface area contributed by atoms with Gasteiger partial charge in [0.1, 0.15) is 11.7 Å². The van der Waals surface area contributed by atoms with Gasteiger partial charge in [-0.25, -0.2) is 9.97 Å². The standard InChI is InChI=1S/C13H13BrN4S/c1-7-16-5-9-10(17-7)4-13(2,18-12(9)15)11-3-8(14)6-19-11/h3,5-6H,4H2,1-2H3,(H2,15,18)/t13-/m0/s1. The molecule has 3 rings (SSSR count). The second kappa shape index (κ2) is 4.38. The molecule has 19 heavy (non-hydrogen) atoms. The lowest BCUT2D eigenvalue weighted by atomic mass is 9.88. The highest BCUT2D eigenvalue weighted by atomic mass is 79.9. The van der Waals surface area contributed by atoms with Gasteiger partial charge < -0.3 is 5.32 Å². The summed E-state index contributed by atoms with van der Waals surface area (Å²) in [6.07, 6.45) is 2.50. The summed E-state index contributed by atoms with van der Waals surface area (Å²) in [5.41, 5.74) is 1.48. The van der Waals surface area contributed by atoms with Gasteiger partial charge in [-0.1, -0.05) is 0 Å². The summed E-state index contributed by atoms with van der Waals surface area (Å²) < 4.78 is 1.08. The van der Waals surface area contributed by atoms with Gasteiger partial charge in [0.05, 0.1) is 16.8 Å². The molecule has 6 heteroatoms. The molecular formula is C13H13BrN4S. The average Bonchev–Trinajstić information content (AvgIpc) is 2.75. The topological polar surface area (TPSA) is 61.7 Å². The van der Waals surface area contributed by atoms with E-state index >= 15 is 0 Å². The Labute approximate surface area is 123 Å². The Hall–Kier alpha value is -1.27. The van der Waals surface area contributed by atoms with Crippen molar-refractivity contribution in [2.45, 2.75) is 25.8 Å². The van der Waals surface area contributed by atoms with E-state index in [1.54, 1.807) is 17.5 Å². The summed E-state index contributed by atoms with van der Waals surface area (Å²) >= 11 is 5.17. The molecule has 0 aliphatic carbocycles. The van der Waals surface area contributed by atoms with Crippen LogP contribution in [0.15, 0.2) is 22.1 Å². The number of hydrogen-bond donors (Lipinski definition) is 2. The van der Waals surface area contributed by atoms with Gasteiger partial charge in [-0.2, -0.15) is 0 Å². The minimum atomic E-state index is -0.276. The minimum Gasteiger partial charge on any atom is -0.359 e. The maximum atomic E-state index is 8.15. The smallest absolute Gasteiger partial charge is 0.129 e. The zero-order valence-electron chi connectivity index (χ0n) is 10.6. The van der Waals surface area contributed by atoms with Crippen molar-refractivity contribution in [1.82, 2.24) is 15.3 Å². The lowest BCUT2D eigenvalue weighted by Crippen LogP contribution is -2.49. The predicted octanol–water partition coefficient (Wildman–Crippen LogP) is 3.00. The summed E-state index contributed by atoms with van der Waals surface area (Å²) in [5, 5.41) is 13.5.